The largest absolute Gasteiger partial charge is 0.348 e. The standard InChI is InChI=1S/C14H17BrFNO/c1-9-6-7-10(12(16)8-9)14(18)17-13-5-3-2-4-11(13)15/h6-8,11,13H,2-5H2,1H3,(H,17,18). The molecular formula is C14H17BrFNO. The number of hydrogen-bond donors (Lipinski definition) is 1. The Balaban J connectivity index is 2.07. The molecule has 2 atom stereocenters. The molecule has 18 heavy (non-hydrogen) atoms. The number of carbonyl (C=O) groups excluding carboxylic acids is 1. The van der Waals surface area contributed by atoms with Gasteiger partial charge in [-0.3, -0.25) is 4.79 Å². The van der Waals surface area contributed by atoms with Crippen LogP contribution in [0.3, 0.4) is 0 Å². The number of halogens is 2. The number of aryl methyl sites for hydroxylation is 1. The Bertz CT molecular complexity index is 449. The van der Waals surface area contributed by atoms with E-state index in [9.17, 15) is 9.18 Å². The first-order valence-corrected chi connectivity index (χ1v) is 7.20. The first-order chi connectivity index (χ1) is 8.58. The maximum absolute atomic E-state index is 13.7. The summed E-state index contributed by atoms with van der Waals surface area (Å²) in [5.41, 5.74) is 0.950. The van der Waals surface area contributed by atoms with Gasteiger partial charge in [0.05, 0.1) is 5.56 Å². The molecule has 2 rings (SSSR count). The van der Waals surface area contributed by atoms with E-state index in [4.69, 9.17) is 0 Å². The van der Waals surface area contributed by atoms with Gasteiger partial charge >= 0.3 is 0 Å². The zero-order valence-corrected chi connectivity index (χ0v) is 12.0. The third-order valence-electron chi connectivity index (χ3n) is 3.37. The van der Waals surface area contributed by atoms with E-state index in [1.165, 1.54) is 12.5 Å². The zero-order valence-electron chi connectivity index (χ0n) is 10.4. The summed E-state index contributed by atoms with van der Waals surface area (Å²) < 4.78 is 13.7. The van der Waals surface area contributed by atoms with Crippen molar-refractivity contribution in [2.45, 2.75) is 43.5 Å². The van der Waals surface area contributed by atoms with Crippen LogP contribution in [0.5, 0.6) is 0 Å². The quantitative estimate of drug-likeness (QED) is 0.831. The van der Waals surface area contributed by atoms with Crippen LogP contribution in [0, 0.1) is 12.7 Å². The zero-order chi connectivity index (χ0) is 13.1. The van der Waals surface area contributed by atoms with Gasteiger partial charge in [0.2, 0.25) is 0 Å². The average molecular weight is 314 g/mol. The summed E-state index contributed by atoms with van der Waals surface area (Å²) in [7, 11) is 0. The summed E-state index contributed by atoms with van der Waals surface area (Å²) in [4.78, 5) is 12.3. The van der Waals surface area contributed by atoms with Crippen LogP contribution in [0.1, 0.15) is 41.6 Å². The van der Waals surface area contributed by atoms with E-state index in [-0.39, 0.29) is 17.5 Å². The number of hydrogen-bond acceptors (Lipinski definition) is 1. The molecule has 1 aromatic rings. The van der Waals surface area contributed by atoms with E-state index in [0.29, 0.717) is 4.83 Å². The molecule has 0 aromatic heterocycles. The number of alkyl halides is 1. The van der Waals surface area contributed by atoms with Crippen LogP contribution in [-0.2, 0) is 0 Å². The summed E-state index contributed by atoms with van der Waals surface area (Å²) in [6, 6.07) is 4.80. The molecule has 1 aliphatic rings. The molecule has 0 aliphatic heterocycles. The highest BCUT2D eigenvalue weighted by molar-refractivity contribution is 9.09. The van der Waals surface area contributed by atoms with Crippen LogP contribution in [-0.4, -0.2) is 16.8 Å². The molecule has 1 N–H and O–H groups in total. The Hall–Kier alpha value is -0.900. The summed E-state index contributed by atoms with van der Waals surface area (Å²) in [6.07, 6.45) is 4.31. The second kappa shape index (κ2) is 5.83. The van der Waals surface area contributed by atoms with Gasteiger partial charge in [-0.2, -0.15) is 0 Å². The SMILES string of the molecule is Cc1ccc(C(=O)NC2CCCCC2Br)c(F)c1. The third kappa shape index (κ3) is 3.10. The second-order valence-electron chi connectivity index (χ2n) is 4.86. The lowest BCUT2D eigenvalue weighted by Gasteiger charge is -2.28. The van der Waals surface area contributed by atoms with Crippen molar-refractivity contribution in [1.29, 1.82) is 0 Å². The molecule has 0 saturated heterocycles. The topological polar surface area (TPSA) is 29.1 Å². The lowest BCUT2D eigenvalue weighted by atomic mass is 9.95. The van der Waals surface area contributed by atoms with Gasteiger partial charge in [0.15, 0.2) is 0 Å². The van der Waals surface area contributed by atoms with E-state index in [1.54, 1.807) is 19.1 Å². The number of nitrogens with one attached hydrogen (secondary N) is 1. The van der Waals surface area contributed by atoms with Crippen LogP contribution in [0.15, 0.2) is 18.2 Å². The first-order valence-electron chi connectivity index (χ1n) is 6.29. The van der Waals surface area contributed by atoms with Gasteiger partial charge in [0, 0.05) is 10.9 Å². The van der Waals surface area contributed by atoms with Crippen LogP contribution in [0.4, 0.5) is 4.39 Å². The van der Waals surface area contributed by atoms with Crippen LogP contribution in [0.25, 0.3) is 0 Å². The molecule has 0 spiro atoms. The number of rotatable bonds is 2. The Morgan fingerprint density at radius 3 is 2.78 bits per heavy atom. The molecule has 1 saturated carbocycles. The van der Waals surface area contributed by atoms with E-state index in [1.807, 2.05) is 0 Å². The van der Waals surface area contributed by atoms with Crippen molar-refractivity contribution in [2.75, 3.05) is 0 Å². The molecule has 0 heterocycles. The van der Waals surface area contributed by atoms with Crippen LogP contribution < -0.4 is 5.32 Å². The number of amides is 1. The summed E-state index contributed by atoms with van der Waals surface area (Å²) in [5.74, 6) is -0.765. The molecule has 98 valence electrons. The highest BCUT2D eigenvalue weighted by atomic mass is 79.9. The minimum Gasteiger partial charge on any atom is -0.348 e. The predicted octanol–water partition coefficient (Wildman–Crippen LogP) is 3.57. The highest BCUT2D eigenvalue weighted by Crippen LogP contribution is 2.25. The Kier molecular flexibility index (Phi) is 4.38. The van der Waals surface area contributed by atoms with Crippen molar-refractivity contribution in [3.8, 4) is 0 Å². The van der Waals surface area contributed by atoms with Gasteiger partial charge in [-0.25, -0.2) is 4.39 Å². The molecule has 1 fully saturated rings. The Labute approximate surface area is 115 Å². The number of carbonyl (C=O) groups is 1. The smallest absolute Gasteiger partial charge is 0.254 e. The summed E-state index contributed by atoms with van der Waals surface area (Å²) in [5, 5.41) is 2.92. The second-order valence-corrected chi connectivity index (χ2v) is 6.04. The Morgan fingerprint density at radius 1 is 1.39 bits per heavy atom. The Morgan fingerprint density at radius 2 is 2.11 bits per heavy atom. The van der Waals surface area contributed by atoms with E-state index < -0.39 is 5.82 Å². The lowest BCUT2D eigenvalue weighted by molar-refractivity contribution is 0.0925. The van der Waals surface area contributed by atoms with Gasteiger partial charge in [0.1, 0.15) is 5.82 Å². The molecule has 0 bridgehead atoms. The highest BCUT2D eigenvalue weighted by Gasteiger charge is 2.25. The van der Waals surface area contributed by atoms with Crippen molar-refractivity contribution in [3.63, 3.8) is 0 Å². The maximum atomic E-state index is 13.7. The number of benzene rings is 1. The average Bonchev–Trinajstić information content (AvgIpc) is 2.32. The van der Waals surface area contributed by atoms with Crippen molar-refractivity contribution in [3.05, 3.63) is 35.1 Å². The third-order valence-corrected chi connectivity index (χ3v) is 4.46. The van der Waals surface area contributed by atoms with Gasteiger partial charge in [-0.05, 0) is 37.5 Å². The monoisotopic (exact) mass is 313 g/mol. The fourth-order valence-corrected chi connectivity index (χ4v) is 3.02. The molecule has 2 nitrogen and oxygen atoms in total. The van der Waals surface area contributed by atoms with Gasteiger partial charge in [-0.15, -0.1) is 0 Å². The van der Waals surface area contributed by atoms with E-state index in [2.05, 4.69) is 21.2 Å². The molecule has 1 aromatic carbocycles. The van der Waals surface area contributed by atoms with Crippen molar-refractivity contribution in [2.24, 2.45) is 0 Å². The minimum absolute atomic E-state index is 0.104. The maximum Gasteiger partial charge on any atom is 0.254 e. The normalized spacial score (nSPS) is 23.7. The first kappa shape index (κ1) is 13.5. The fraction of sp³-hybridized carbons (Fsp3) is 0.500. The van der Waals surface area contributed by atoms with Gasteiger partial charge < -0.3 is 5.32 Å². The molecule has 1 amide bonds. The van der Waals surface area contributed by atoms with Crippen molar-refractivity contribution in [1.82, 2.24) is 5.32 Å². The molecule has 0 radical (unpaired) electrons. The lowest BCUT2D eigenvalue weighted by Crippen LogP contribution is -2.42. The van der Waals surface area contributed by atoms with Crippen LogP contribution in [0.2, 0.25) is 0 Å². The molecule has 1 aliphatic carbocycles. The van der Waals surface area contributed by atoms with Crippen molar-refractivity contribution >= 4 is 21.8 Å². The summed E-state index contributed by atoms with van der Waals surface area (Å²) in [6.45, 7) is 1.81. The summed E-state index contributed by atoms with van der Waals surface area (Å²) >= 11 is 3.58. The molecule has 2 unspecified atom stereocenters. The van der Waals surface area contributed by atoms with Gasteiger partial charge in [0.25, 0.3) is 5.91 Å². The minimum atomic E-state index is -0.450. The van der Waals surface area contributed by atoms with E-state index >= 15 is 0 Å². The molecule has 4 heteroatoms. The van der Waals surface area contributed by atoms with E-state index in [0.717, 1.165) is 24.8 Å². The van der Waals surface area contributed by atoms with Crippen LogP contribution >= 0.6 is 15.9 Å². The predicted molar refractivity (Wildman–Crippen MR) is 73.6 cm³/mol. The van der Waals surface area contributed by atoms with Gasteiger partial charge in [-0.1, -0.05) is 34.8 Å². The molecular weight excluding hydrogens is 297 g/mol. The van der Waals surface area contributed by atoms with Crippen molar-refractivity contribution < 1.29 is 9.18 Å². The fourth-order valence-electron chi connectivity index (χ4n) is 2.30.